The van der Waals surface area contributed by atoms with Crippen LogP contribution in [0.3, 0.4) is 0 Å². The zero-order chi connectivity index (χ0) is 6.15. The highest BCUT2D eigenvalue weighted by molar-refractivity contribution is 7.71. The molecule has 3 nitrogen and oxygen atoms in total. The Morgan fingerprint density at radius 3 is 2.62 bits per heavy atom. The molecule has 0 atom stereocenters. The lowest BCUT2D eigenvalue weighted by atomic mass is 10.7. The lowest BCUT2D eigenvalue weighted by Crippen LogP contribution is -1.91. The van der Waals surface area contributed by atoms with E-state index in [1.807, 2.05) is 14.0 Å². The predicted octanol–water partition coefficient (Wildman–Crippen LogP) is 1.03. The minimum absolute atomic E-state index is 0. The number of hydrogen-bond donors (Lipinski definition) is 1. The van der Waals surface area contributed by atoms with Crippen LogP contribution in [0.5, 0.6) is 0 Å². The highest BCUT2D eigenvalue weighted by Crippen LogP contribution is 1.86. The molecule has 0 saturated carbocycles. The van der Waals surface area contributed by atoms with E-state index in [0.29, 0.717) is 4.77 Å². The lowest BCUT2D eigenvalue weighted by Gasteiger charge is -1.87. The minimum Gasteiger partial charge on any atom is -0.275 e. The van der Waals surface area contributed by atoms with Crippen molar-refractivity contribution in [2.75, 3.05) is 0 Å². The van der Waals surface area contributed by atoms with Crippen LogP contribution in [0.15, 0.2) is 0 Å². The molecule has 0 aliphatic carbocycles. The Balaban J connectivity index is 0.000000640. The molecule has 1 rings (SSSR count). The Bertz CT molecular complexity index is 216. The van der Waals surface area contributed by atoms with E-state index >= 15 is 0 Å². The Morgan fingerprint density at radius 2 is 2.50 bits per heavy atom. The van der Waals surface area contributed by atoms with Crippen LogP contribution < -0.4 is 0 Å². The molecule has 0 bridgehead atoms. The largest absolute Gasteiger partial charge is 0.275 e. The number of hydrogen-bond acceptors (Lipinski definition) is 2. The molecule has 8 heavy (non-hydrogen) atoms. The van der Waals surface area contributed by atoms with Gasteiger partial charge in [0, 0.05) is 8.47 Å². The summed E-state index contributed by atoms with van der Waals surface area (Å²) in [5, 5.41) is 2.83. The summed E-state index contributed by atoms with van der Waals surface area (Å²) < 4.78 is 2.33. The van der Waals surface area contributed by atoms with Crippen molar-refractivity contribution < 1.29 is 1.43 Å². The summed E-state index contributed by atoms with van der Waals surface area (Å²) in [6.45, 7) is 1.90. The topological polar surface area (TPSA) is 33.6 Å². The zero-order valence-corrected chi connectivity index (χ0v) is 5.62. The maximum atomic E-state index is 4.73. The van der Waals surface area contributed by atoms with Gasteiger partial charge in [-0.25, -0.2) is 4.98 Å². The maximum absolute atomic E-state index is 4.73. The first kappa shape index (κ1) is 5.50. The standard InChI is InChI=1S/C4H7N3S.H2/c1-3-5-4(8)6-7(3)2;/h1-2H3,(H,6,8);1H. The van der Waals surface area contributed by atoms with Gasteiger partial charge in [0.1, 0.15) is 5.82 Å². The second-order valence-corrected chi connectivity index (χ2v) is 2.02. The van der Waals surface area contributed by atoms with Gasteiger partial charge in [-0.1, -0.05) is 0 Å². The molecule has 0 amide bonds. The lowest BCUT2D eigenvalue weighted by molar-refractivity contribution is 0.732. The van der Waals surface area contributed by atoms with Crippen molar-refractivity contribution in [3.8, 4) is 0 Å². The predicted molar refractivity (Wildman–Crippen MR) is 35.2 cm³/mol. The van der Waals surface area contributed by atoms with Crippen LogP contribution in [0.1, 0.15) is 7.25 Å². The Hall–Kier alpha value is -0.640. The number of aromatic amines is 1. The number of nitrogens with one attached hydrogen (secondary N) is 1. The van der Waals surface area contributed by atoms with E-state index in [2.05, 4.69) is 10.1 Å². The van der Waals surface area contributed by atoms with Gasteiger partial charge in [-0.2, -0.15) is 0 Å². The van der Waals surface area contributed by atoms with Crippen molar-refractivity contribution in [3.05, 3.63) is 10.6 Å². The fraction of sp³-hybridized carbons (Fsp3) is 0.500. The van der Waals surface area contributed by atoms with Gasteiger partial charge in [-0.15, -0.1) is 0 Å². The maximum Gasteiger partial charge on any atom is 0.213 e. The third kappa shape index (κ3) is 0.790. The molecular formula is C4H9N3S. The monoisotopic (exact) mass is 131 g/mol. The van der Waals surface area contributed by atoms with E-state index in [1.165, 1.54) is 0 Å². The molecule has 0 spiro atoms. The molecule has 46 valence electrons. The second kappa shape index (κ2) is 1.70. The molecule has 0 saturated heterocycles. The first-order valence-electron chi connectivity index (χ1n) is 2.30. The van der Waals surface area contributed by atoms with Crippen LogP contribution >= 0.6 is 12.2 Å². The van der Waals surface area contributed by atoms with E-state index in [9.17, 15) is 0 Å². The normalized spacial score (nSPS) is 9.75. The second-order valence-electron chi connectivity index (χ2n) is 1.63. The van der Waals surface area contributed by atoms with Gasteiger partial charge < -0.3 is 0 Å². The SMILES string of the molecule is Cc1nc(=S)[nH]n1C.[HH]. The van der Waals surface area contributed by atoms with Crippen LogP contribution in [0, 0.1) is 11.7 Å². The fourth-order valence-corrected chi connectivity index (χ4v) is 0.740. The molecule has 1 heterocycles. The van der Waals surface area contributed by atoms with Crippen molar-refractivity contribution >= 4 is 12.2 Å². The van der Waals surface area contributed by atoms with E-state index in [0.717, 1.165) is 5.82 Å². The molecule has 4 heteroatoms. The van der Waals surface area contributed by atoms with Gasteiger partial charge in [-0.05, 0) is 19.1 Å². The van der Waals surface area contributed by atoms with E-state index < -0.39 is 0 Å². The van der Waals surface area contributed by atoms with Gasteiger partial charge in [0.05, 0.1) is 0 Å². The first-order chi connectivity index (χ1) is 3.70. The highest BCUT2D eigenvalue weighted by Gasteiger charge is 1.88. The molecule has 0 aliphatic rings. The van der Waals surface area contributed by atoms with Gasteiger partial charge >= 0.3 is 0 Å². The number of aromatic nitrogens is 3. The van der Waals surface area contributed by atoms with Gasteiger partial charge in [0.2, 0.25) is 4.77 Å². The summed E-state index contributed by atoms with van der Waals surface area (Å²) in [6.07, 6.45) is 0. The quantitative estimate of drug-likeness (QED) is 0.533. The van der Waals surface area contributed by atoms with Crippen molar-refractivity contribution in [1.29, 1.82) is 0 Å². The van der Waals surface area contributed by atoms with Gasteiger partial charge in [-0.3, -0.25) is 9.78 Å². The Labute approximate surface area is 53.8 Å². The highest BCUT2D eigenvalue weighted by atomic mass is 32.1. The Kier molecular flexibility index (Phi) is 1.17. The average Bonchev–Trinajstić information content (AvgIpc) is 1.85. The van der Waals surface area contributed by atoms with Crippen LogP contribution in [0.2, 0.25) is 0 Å². The van der Waals surface area contributed by atoms with Crippen molar-refractivity contribution in [3.63, 3.8) is 0 Å². The smallest absolute Gasteiger partial charge is 0.213 e. The third-order valence-electron chi connectivity index (χ3n) is 1.01. The summed E-state index contributed by atoms with van der Waals surface area (Å²) >= 11 is 4.73. The summed E-state index contributed by atoms with van der Waals surface area (Å²) in [6, 6.07) is 0. The van der Waals surface area contributed by atoms with Crippen LogP contribution in [-0.2, 0) is 7.05 Å². The summed E-state index contributed by atoms with van der Waals surface area (Å²) in [5.41, 5.74) is 0. The van der Waals surface area contributed by atoms with Crippen molar-refractivity contribution in [2.45, 2.75) is 6.92 Å². The number of rotatable bonds is 0. The molecular weight excluding hydrogens is 122 g/mol. The Morgan fingerprint density at radius 1 is 1.88 bits per heavy atom. The molecule has 0 fully saturated rings. The molecule has 0 radical (unpaired) electrons. The minimum atomic E-state index is 0. The molecule has 0 unspecified atom stereocenters. The molecule has 1 aromatic rings. The third-order valence-corrected chi connectivity index (χ3v) is 1.19. The van der Waals surface area contributed by atoms with E-state index in [1.54, 1.807) is 4.68 Å². The van der Waals surface area contributed by atoms with E-state index in [4.69, 9.17) is 12.2 Å². The van der Waals surface area contributed by atoms with Gasteiger partial charge in [0.25, 0.3) is 0 Å². The average molecular weight is 131 g/mol. The summed E-state index contributed by atoms with van der Waals surface area (Å²) in [5.74, 6) is 0.912. The number of aryl methyl sites for hydroxylation is 2. The van der Waals surface area contributed by atoms with Crippen LogP contribution in [0.4, 0.5) is 0 Å². The molecule has 1 N–H and O–H groups in total. The number of H-pyrrole nitrogens is 1. The van der Waals surface area contributed by atoms with Crippen LogP contribution in [0.25, 0.3) is 0 Å². The zero-order valence-electron chi connectivity index (χ0n) is 4.80. The van der Waals surface area contributed by atoms with Crippen molar-refractivity contribution in [1.82, 2.24) is 14.8 Å². The van der Waals surface area contributed by atoms with E-state index in [-0.39, 0.29) is 1.43 Å². The van der Waals surface area contributed by atoms with Crippen LogP contribution in [-0.4, -0.2) is 14.8 Å². The first-order valence-corrected chi connectivity index (χ1v) is 2.70. The fourth-order valence-electron chi connectivity index (χ4n) is 0.471. The summed E-state index contributed by atoms with van der Waals surface area (Å²) in [4.78, 5) is 3.93. The van der Waals surface area contributed by atoms with Crippen molar-refractivity contribution in [2.24, 2.45) is 7.05 Å². The molecule has 0 aromatic carbocycles. The summed E-state index contributed by atoms with van der Waals surface area (Å²) in [7, 11) is 1.87. The molecule has 1 aromatic heterocycles. The number of nitrogens with zero attached hydrogens (tertiary/aromatic N) is 2. The molecule has 0 aliphatic heterocycles. The van der Waals surface area contributed by atoms with Gasteiger partial charge in [0.15, 0.2) is 0 Å².